The molecular weight excluding hydrogens is 272 g/mol. The number of carbonyl (C=O) groups is 2. The first-order valence-electron chi connectivity index (χ1n) is 6.81. The number of esters is 1. The van der Waals surface area contributed by atoms with E-state index in [0.717, 1.165) is 5.56 Å². The first-order valence-corrected chi connectivity index (χ1v) is 6.81. The van der Waals surface area contributed by atoms with E-state index < -0.39 is 11.6 Å². The number of fused-ring (bicyclic) bond motifs is 1. The zero-order valence-electron chi connectivity index (χ0n) is 11.9. The predicted molar refractivity (Wildman–Crippen MR) is 74.9 cm³/mol. The minimum atomic E-state index is -0.914. The fourth-order valence-corrected chi connectivity index (χ4v) is 2.44. The maximum Gasteiger partial charge on any atom is 0.314 e. The largest absolute Gasteiger partial charge is 0.454 e. The fraction of sp³-hybridized carbons (Fsp3) is 0.375. The maximum absolute atomic E-state index is 11.8. The molecule has 1 aromatic rings. The molecule has 3 rings (SSSR count). The molecule has 2 heterocycles. The van der Waals surface area contributed by atoms with Crippen molar-refractivity contribution in [2.45, 2.75) is 25.9 Å². The lowest BCUT2D eigenvalue weighted by atomic mass is 9.83. The van der Waals surface area contributed by atoms with Gasteiger partial charge in [-0.25, -0.2) is 0 Å². The summed E-state index contributed by atoms with van der Waals surface area (Å²) >= 11 is 0. The van der Waals surface area contributed by atoms with Crippen LogP contribution in [-0.4, -0.2) is 24.1 Å². The van der Waals surface area contributed by atoms with Crippen molar-refractivity contribution in [3.8, 4) is 11.5 Å². The Balaban J connectivity index is 1.84. The fourth-order valence-electron chi connectivity index (χ4n) is 2.44. The van der Waals surface area contributed by atoms with Crippen LogP contribution < -0.4 is 9.47 Å². The monoisotopic (exact) mass is 288 g/mol. The number of ether oxygens (including phenoxy) is 3. The van der Waals surface area contributed by atoms with Crippen LogP contribution in [0.25, 0.3) is 6.08 Å². The Labute approximate surface area is 122 Å². The molecular formula is C16H16O5. The van der Waals surface area contributed by atoms with Gasteiger partial charge < -0.3 is 14.2 Å². The molecule has 2 aliphatic rings. The molecule has 0 saturated carbocycles. The number of rotatable bonds is 2. The summed E-state index contributed by atoms with van der Waals surface area (Å²) < 4.78 is 15.9. The van der Waals surface area contributed by atoms with Crippen molar-refractivity contribution in [1.82, 2.24) is 0 Å². The van der Waals surface area contributed by atoms with E-state index in [1.165, 1.54) is 0 Å². The second kappa shape index (κ2) is 4.91. The molecule has 0 N–H and O–H groups in total. The summed E-state index contributed by atoms with van der Waals surface area (Å²) in [6.45, 7) is 3.75. The summed E-state index contributed by atoms with van der Waals surface area (Å²) in [5.41, 5.74) is -0.0234. The van der Waals surface area contributed by atoms with Crippen LogP contribution in [-0.2, 0) is 14.3 Å². The molecule has 0 aliphatic carbocycles. The smallest absolute Gasteiger partial charge is 0.314 e. The minimum absolute atomic E-state index is 0.0934. The standard InChI is InChI=1S/C16H16O5/c1-10-12(17)8-15(18)21-16(10,2)6-5-11-3-4-13-14(7-11)20-9-19-13/h3-7,10H,8-9H2,1-2H3/b6-5+. The van der Waals surface area contributed by atoms with Crippen LogP contribution in [0.1, 0.15) is 25.8 Å². The molecule has 21 heavy (non-hydrogen) atoms. The highest BCUT2D eigenvalue weighted by molar-refractivity contribution is 5.99. The van der Waals surface area contributed by atoms with E-state index >= 15 is 0 Å². The molecule has 5 heteroatoms. The third-order valence-electron chi connectivity index (χ3n) is 4.00. The van der Waals surface area contributed by atoms with Crippen LogP contribution in [0, 0.1) is 5.92 Å². The number of carbonyl (C=O) groups excluding carboxylic acids is 2. The van der Waals surface area contributed by atoms with Crippen molar-refractivity contribution < 1.29 is 23.8 Å². The zero-order chi connectivity index (χ0) is 15.0. The van der Waals surface area contributed by atoms with Crippen molar-refractivity contribution in [3.05, 3.63) is 29.8 Å². The Morgan fingerprint density at radius 2 is 2.00 bits per heavy atom. The Kier molecular flexibility index (Phi) is 3.20. The Morgan fingerprint density at radius 1 is 1.24 bits per heavy atom. The average molecular weight is 288 g/mol. The van der Waals surface area contributed by atoms with Crippen molar-refractivity contribution in [2.75, 3.05) is 6.79 Å². The first kappa shape index (κ1) is 13.7. The molecule has 0 aromatic heterocycles. The predicted octanol–water partition coefficient (Wildman–Crippen LogP) is 2.34. The highest BCUT2D eigenvalue weighted by Gasteiger charge is 2.42. The number of ketones is 1. The molecule has 1 aromatic carbocycles. The minimum Gasteiger partial charge on any atom is -0.454 e. The summed E-state index contributed by atoms with van der Waals surface area (Å²) in [6.07, 6.45) is 3.43. The highest BCUT2D eigenvalue weighted by atomic mass is 16.7. The van der Waals surface area contributed by atoms with Crippen molar-refractivity contribution >= 4 is 17.8 Å². The number of hydrogen-bond donors (Lipinski definition) is 0. The Hall–Kier alpha value is -2.30. The summed E-state index contributed by atoms with van der Waals surface area (Å²) in [6, 6.07) is 5.55. The molecule has 0 amide bonds. The summed E-state index contributed by atoms with van der Waals surface area (Å²) in [7, 11) is 0. The molecule has 0 bridgehead atoms. The van der Waals surface area contributed by atoms with Gasteiger partial charge >= 0.3 is 5.97 Å². The van der Waals surface area contributed by atoms with Gasteiger partial charge in [0.2, 0.25) is 6.79 Å². The third-order valence-corrected chi connectivity index (χ3v) is 4.00. The summed E-state index contributed by atoms with van der Waals surface area (Å²) in [5.74, 6) is 0.471. The molecule has 2 aliphatic heterocycles. The van der Waals surface area contributed by atoms with Gasteiger partial charge in [-0.2, -0.15) is 0 Å². The topological polar surface area (TPSA) is 61.8 Å². The van der Waals surface area contributed by atoms with Crippen LogP contribution in [0.4, 0.5) is 0 Å². The lowest BCUT2D eigenvalue weighted by Gasteiger charge is -2.35. The maximum atomic E-state index is 11.8. The van der Waals surface area contributed by atoms with Crippen LogP contribution in [0.2, 0.25) is 0 Å². The van der Waals surface area contributed by atoms with Gasteiger partial charge in [-0.15, -0.1) is 0 Å². The molecule has 2 atom stereocenters. The van der Waals surface area contributed by atoms with Crippen molar-refractivity contribution in [3.63, 3.8) is 0 Å². The molecule has 0 radical (unpaired) electrons. The van der Waals surface area contributed by atoms with Gasteiger partial charge in [0.1, 0.15) is 12.0 Å². The molecule has 1 saturated heterocycles. The normalized spacial score (nSPS) is 28.0. The molecule has 2 unspecified atom stereocenters. The third kappa shape index (κ3) is 2.51. The van der Waals surface area contributed by atoms with Crippen LogP contribution in [0.15, 0.2) is 24.3 Å². The first-order chi connectivity index (χ1) is 9.98. The van der Waals surface area contributed by atoms with Crippen molar-refractivity contribution in [2.24, 2.45) is 5.92 Å². The quantitative estimate of drug-likeness (QED) is 0.617. The number of hydrogen-bond acceptors (Lipinski definition) is 5. The number of Topliss-reactive ketones (excluding diaryl/α,β-unsaturated/α-hetero) is 1. The van der Waals surface area contributed by atoms with Crippen LogP contribution >= 0.6 is 0 Å². The van der Waals surface area contributed by atoms with Gasteiger partial charge in [0.25, 0.3) is 0 Å². The molecule has 0 spiro atoms. The lowest BCUT2D eigenvalue weighted by Crippen LogP contribution is -2.46. The average Bonchev–Trinajstić information content (AvgIpc) is 2.90. The van der Waals surface area contributed by atoms with Crippen molar-refractivity contribution in [1.29, 1.82) is 0 Å². The highest BCUT2D eigenvalue weighted by Crippen LogP contribution is 2.34. The van der Waals surface area contributed by atoms with E-state index in [9.17, 15) is 9.59 Å². The van der Waals surface area contributed by atoms with Gasteiger partial charge in [-0.3, -0.25) is 9.59 Å². The van der Waals surface area contributed by atoms with Crippen LogP contribution in [0.5, 0.6) is 11.5 Å². The number of benzene rings is 1. The summed E-state index contributed by atoms with van der Waals surface area (Å²) in [5, 5.41) is 0. The lowest BCUT2D eigenvalue weighted by molar-refractivity contribution is -0.169. The van der Waals surface area contributed by atoms with E-state index in [4.69, 9.17) is 14.2 Å². The second-order valence-electron chi connectivity index (χ2n) is 5.47. The van der Waals surface area contributed by atoms with Gasteiger partial charge in [0.15, 0.2) is 17.3 Å². The molecule has 110 valence electrons. The van der Waals surface area contributed by atoms with Crippen LogP contribution in [0.3, 0.4) is 0 Å². The van der Waals surface area contributed by atoms with Gasteiger partial charge in [-0.1, -0.05) is 19.1 Å². The van der Waals surface area contributed by atoms with Gasteiger partial charge in [0, 0.05) is 0 Å². The molecule has 5 nitrogen and oxygen atoms in total. The van der Waals surface area contributed by atoms with E-state index in [2.05, 4.69) is 0 Å². The van der Waals surface area contributed by atoms with E-state index in [0.29, 0.717) is 11.5 Å². The number of cyclic esters (lactones) is 1. The zero-order valence-corrected chi connectivity index (χ0v) is 11.9. The Morgan fingerprint density at radius 3 is 2.81 bits per heavy atom. The van der Waals surface area contributed by atoms with E-state index in [1.54, 1.807) is 19.9 Å². The van der Waals surface area contributed by atoms with Gasteiger partial charge in [0.05, 0.1) is 5.92 Å². The van der Waals surface area contributed by atoms with E-state index in [-0.39, 0.29) is 24.9 Å². The summed E-state index contributed by atoms with van der Waals surface area (Å²) in [4.78, 5) is 23.3. The van der Waals surface area contributed by atoms with E-state index in [1.807, 2.05) is 24.3 Å². The second-order valence-corrected chi connectivity index (χ2v) is 5.47. The Bertz CT molecular complexity index is 634. The SMILES string of the molecule is CC1C(=O)CC(=O)OC1(C)/C=C/c1ccc2c(c1)OCO2. The molecule has 1 fully saturated rings. The van der Waals surface area contributed by atoms with Gasteiger partial charge in [-0.05, 0) is 30.7 Å².